The van der Waals surface area contributed by atoms with Gasteiger partial charge in [0.25, 0.3) is 0 Å². The number of nitrogens with zero attached hydrogens (tertiary/aromatic N) is 2. The fourth-order valence-electron chi connectivity index (χ4n) is 2.63. The van der Waals surface area contributed by atoms with E-state index in [-0.39, 0.29) is 17.6 Å². The summed E-state index contributed by atoms with van der Waals surface area (Å²) < 4.78 is 5.86. The Kier molecular flexibility index (Phi) is 3.94. The third kappa shape index (κ3) is 3.43. The maximum Gasteiger partial charge on any atom is 0.236 e. The van der Waals surface area contributed by atoms with Gasteiger partial charge in [-0.25, -0.2) is 0 Å². The van der Waals surface area contributed by atoms with Gasteiger partial charge in [-0.15, -0.1) is 0 Å². The summed E-state index contributed by atoms with van der Waals surface area (Å²) in [6.07, 6.45) is 2.35. The van der Waals surface area contributed by atoms with Crippen molar-refractivity contribution >= 4 is 5.91 Å². The molecule has 1 saturated heterocycles. The molecule has 0 aromatic rings. The fourth-order valence-corrected chi connectivity index (χ4v) is 2.63. The Hall–Kier alpha value is -0.650. The molecule has 0 aromatic heterocycles. The summed E-state index contributed by atoms with van der Waals surface area (Å²) in [7, 11) is 1.91. The van der Waals surface area contributed by atoms with Crippen molar-refractivity contribution in [1.29, 1.82) is 0 Å². The predicted molar refractivity (Wildman–Crippen MR) is 70.2 cm³/mol. The van der Waals surface area contributed by atoms with E-state index in [4.69, 9.17) is 10.5 Å². The van der Waals surface area contributed by atoms with Gasteiger partial charge in [-0.05, 0) is 26.7 Å². The molecule has 5 nitrogen and oxygen atoms in total. The lowest BCUT2D eigenvalue weighted by molar-refractivity contribution is -0.146. The summed E-state index contributed by atoms with van der Waals surface area (Å²) in [5.74, 6) is 0.214. The van der Waals surface area contributed by atoms with Crippen molar-refractivity contribution < 1.29 is 9.53 Å². The predicted octanol–water partition coefficient (Wildman–Crippen LogP) is 0.0453. The number of likely N-dealkylation sites (N-methyl/N-ethyl adjacent to an activating group) is 1. The van der Waals surface area contributed by atoms with Gasteiger partial charge < -0.3 is 15.4 Å². The van der Waals surface area contributed by atoms with Crippen LogP contribution in [0.15, 0.2) is 0 Å². The minimum Gasteiger partial charge on any atom is -0.368 e. The monoisotopic (exact) mass is 255 g/mol. The van der Waals surface area contributed by atoms with E-state index in [9.17, 15) is 4.79 Å². The normalized spacial score (nSPS) is 28.1. The van der Waals surface area contributed by atoms with Crippen molar-refractivity contribution in [2.45, 2.75) is 44.4 Å². The summed E-state index contributed by atoms with van der Waals surface area (Å²) in [6.45, 7) is 6.63. The van der Waals surface area contributed by atoms with Gasteiger partial charge in [0.15, 0.2) is 0 Å². The highest BCUT2D eigenvalue weighted by Gasteiger charge is 2.35. The molecule has 0 aromatic carbocycles. The Morgan fingerprint density at radius 1 is 1.50 bits per heavy atom. The van der Waals surface area contributed by atoms with Gasteiger partial charge in [0, 0.05) is 32.7 Å². The summed E-state index contributed by atoms with van der Waals surface area (Å²) in [6, 6.07) is 0.483. The molecule has 2 fully saturated rings. The van der Waals surface area contributed by atoms with E-state index < -0.39 is 0 Å². The van der Waals surface area contributed by atoms with Crippen LogP contribution in [0.1, 0.15) is 26.7 Å². The third-order valence-electron chi connectivity index (χ3n) is 3.66. The van der Waals surface area contributed by atoms with E-state index in [1.54, 1.807) is 0 Å². The molecule has 1 amide bonds. The van der Waals surface area contributed by atoms with Crippen molar-refractivity contribution in [2.75, 3.05) is 33.2 Å². The van der Waals surface area contributed by atoms with Crippen LogP contribution in [0.5, 0.6) is 0 Å². The second kappa shape index (κ2) is 5.15. The fraction of sp³-hybridized carbons (Fsp3) is 0.923. The van der Waals surface area contributed by atoms with Crippen molar-refractivity contribution in [2.24, 2.45) is 5.73 Å². The number of rotatable bonds is 4. The van der Waals surface area contributed by atoms with Crippen LogP contribution >= 0.6 is 0 Å². The quantitative estimate of drug-likeness (QED) is 0.771. The van der Waals surface area contributed by atoms with Crippen LogP contribution in [0.25, 0.3) is 0 Å². The van der Waals surface area contributed by atoms with Gasteiger partial charge >= 0.3 is 0 Å². The zero-order valence-corrected chi connectivity index (χ0v) is 11.7. The van der Waals surface area contributed by atoms with Crippen molar-refractivity contribution in [3.63, 3.8) is 0 Å². The van der Waals surface area contributed by atoms with Crippen molar-refractivity contribution in [1.82, 2.24) is 9.80 Å². The van der Waals surface area contributed by atoms with Crippen LogP contribution in [0.3, 0.4) is 0 Å². The molecule has 2 aliphatic rings. The zero-order chi connectivity index (χ0) is 13.3. The topological polar surface area (TPSA) is 58.8 Å². The van der Waals surface area contributed by atoms with Crippen LogP contribution in [0, 0.1) is 0 Å². The molecule has 2 rings (SSSR count). The minimum absolute atomic E-state index is 0.0350. The first-order chi connectivity index (χ1) is 8.41. The number of carbonyl (C=O) groups excluding carboxylic acids is 1. The molecule has 5 heteroatoms. The minimum atomic E-state index is -0.222. The van der Waals surface area contributed by atoms with E-state index in [1.165, 1.54) is 0 Å². The summed E-state index contributed by atoms with van der Waals surface area (Å²) in [4.78, 5) is 16.2. The van der Waals surface area contributed by atoms with Crippen LogP contribution in [0.4, 0.5) is 0 Å². The average molecular weight is 255 g/mol. The van der Waals surface area contributed by atoms with E-state index in [2.05, 4.69) is 18.7 Å². The zero-order valence-electron chi connectivity index (χ0n) is 11.7. The summed E-state index contributed by atoms with van der Waals surface area (Å²) in [5, 5.41) is 0. The standard InChI is InChI=1S/C13H25N3O2/c1-13(2)9-16(7-11(6-14)18-13)8-12(17)15(3)10-4-5-10/h10-11H,4-9,14H2,1-3H3. The number of amides is 1. The molecule has 18 heavy (non-hydrogen) atoms. The van der Waals surface area contributed by atoms with Gasteiger partial charge in [0.1, 0.15) is 0 Å². The van der Waals surface area contributed by atoms with E-state index >= 15 is 0 Å². The van der Waals surface area contributed by atoms with E-state index in [0.717, 1.165) is 25.9 Å². The highest BCUT2D eigenvalue weighted by molar-refractivity contribution is 5.78. The molecule has 1 unspecified atom stereocenters. The second-order valence-corrected chi connectivity index (χ2v) is 6.14. The first-order valence-electron chi connectivity index (χ1n) is 6.77. The highest BCUT2D eigenvalue weighted by Crippen LogP contribution is 2.26. The molecule has 1 saturated carbocycles. The van der Waals surface area contributed by atoms with Gasteiger partial charge in [-0.3, -0.25) is 9.69 Å². The molecule has 104 valence electrons. The number of ether oxygens (including phenoxy) is 1. The smallest absolute Gasteiger partial charge is 0.236 e. The van der Waals surface area contributed by atoms with Crippen molar-refractivity contribution in [3.05, 3.63) is 0 Å². The number of nitrogens with two attached hydrogens (primary N) is 1. The molecule has 2 N–H and O–H groups in total. The van der Waals surface area contributed by atoms with E-state index in [1.807, 2.05) is 11.9 Å². The molecule has 1 aliphatic heterocycles. The first kappa shape index (κ1) is 13.8. The maximum absolute atomic E-state index is 12.1. The number of hydrogen-bond donors (Lipinski definition) is 1. The lowest BCUT2D eigenvalue weighted by Crippen LogP contribution is -2.56. The average Bonchev–Trinajstić information content (AvgIpc) is 3.09. The van der Waals surface area contributed by atoms with Crippen LogP contribution in [0.2, 0.25) is 0 Å². The maximum atomic E-state index is 12.1. The van der Waals surface area contributed by atoms with E-state index in [0.29, 0.717) is 19.1 Å². The van der Waals surface area contributed by atoms with Gasteiger partial charge in [0.05, 0.1) is 18.2 Å². The summed E-state index contributed by atoms with van der Waals surface area (Å²) >= 11 is 0. The van der Waals surface area contributed by atoms with Crippen molar-refractivity contribution in [3.8, 4) is 0 Å². The summed E-state index contributed by atoms with van der Waals surface area (Å²) in [5.41, 5.74) is 5.47. The van der Waals surface area contributed by atoms with Gasteiger partial charge in [0.2, 0.25) is 5.91 Å². The largest absolute Gasteiger partial charge is 0.368 e. The lowest BCUT2D eigenvalue weighted by atomic mass is 10.1. The Morgan fingerprint density at radius 2 is 2.17 bits per heavy atom. The van der Waals surface area contributed by atoms with Crippen LogP contribution in [-0.2, 0) is 9.53 Å². The number of carbonyl (C=O) groups is 1. The molecule has 1 atom stereocenters. The Labute approximate surface area is 109 Å². The Morgan fingerprint density at radius 3 is 2.72 bits per heavy atom. The Balaban J connectivity index is 1.89. The number of hydrogen-bond acceptors (Lipinski definition) is 4. The second-order valence-electron chi connectivity index (χ2n) is 6.14. The van der Waals surface area contributed by atoms with Gasteiger partial charge in [-0.2, -0.15) is 0 Å². The molecule has 1 heterocycles. The highest BCUT2D eigenvalue weighted by atomic mass is 16.5. The molecular formula is C13H25N3O2. The molecule has 0 radical (unpaired) electrons. The third-order valence-corrected chi connectivity index (χ3v) is 3.66. The lowest BCUT2D eigenvalue weighted by Gasteiger charge is -2.42. The van der Waals surface area contributed by atoms with Crippen LogP contribution in [-0.4, -0.2) is 66.7 Å². The number of morpholine rings is 1. The first-order valence-corrected chi connectivity index (χ1v) is 6.77. The SMILES string of the molecule is CN(C(=O)CN1CC(CN)OC(C)(C)C1)C1CC1. The Bertz CT molecular complexity index is 315. The molecule has 0 spiro atoms. The molecule has 0 bridgehead atoms. The molecule has 1 aliphatic carbocycles. The molecular weight excluding hydrogens is 230 g/mol. The van der Waals surface area contributed by atoms with Gasteiger partial charge in [-0.1, -0.05) is 0 Å². The van der Waals surface area contributed by atoms with Crippen LogP contribution < -0.4 is 5.73 Å².